The Kier molecular flexibility index (Phi) is 5.05. The molecule has 1 amide bonds. The van der Waals surface area contributed by atoms with E-state index in [1.54, 1.807) is 0 Å². The molecule has 0 saturated carbocycles. The van der Waals surface area contributed by atoms with Crippen LogP contribution in [0.3, 0.4) is 0 Å². The zero-order chi connectivity index (χ0) is 16.1. The monoisotopic (exact) mass is 307 g/mol. The Hall–Kier alpha value is -2.48. The summed E-state index contributed by atoms with van der Waals surface area (Å²) in [5.74, 6) is -2.66. The summed E-state index contributed by atoms with van der Waals surface area (Å²) in [4.78, 5) is 33.1. The van der Waals surface area contributed by atoms with Crippen molar-refractivity contribution in [3.8, 4) is 0 Å². The Balaban J connectivity index is 2.06. The molecule has 1 N–H and O–H groups in total. The van der Waals surface area contributed by atoms with E-state index >= 15 is 0 Å². The average molecular weight is 307 g/mol. The van der Waals surface area contributed by atoms with Crippen molar-refractivity contribution in [1.29, 1.82) is 0 Å². The van der Waals surface area contributed by atoms with Crippen LogP contribution in [0.5, 0.6) is 0 Å². The molecule has 118 valence electrons. The van der Waals surface area contributed by atoms with Crippen LogP contribution < -0.4 is 10.4 Å². The molecule has 0 spiro atoms. The second-order valence-electron chi connectivity index (χ2n) is 5.03. The molecule has 0 aliphatic carbocycles. The molecule has 1 aromatic carbocycles. The Morgan fingerprint density at radius 3 is 2.55 bits per heavy atom. The predicted octanol–water partition coefficient (Wildman–Crippen LogP) is 0.468. The van der Waals surface area contributed by atoms with Gasteiger partial charge in [0.1, 0.15) is 0 Å². The van der Waals surface area contributed by atoms with E-state index in [2.05, 4.69) is 5.32 Å². The van der Waals surface area contributed by atoms with Gasteiger partial charge in [0.05, 0.1) is 16.9 Å². The Morgan fingerprint density at radius 2 is 2.05 bits per heavy atom. The summed E-state index contributed by atoms with van der Waals surface area (Å²) in [6, 6.07) is 5.30. The number of amides is 1. The summed E-state index contributed by atoms with van der Waals surface area (Å²) in [6.45, 7) is 0.499. The summed E-state index contributed by atoms with van der Waals surface area (Å²) in [7, 11) is 0. The molecule has 0 bridgehead atoms. The maximum atomic E-state index is 12.2. The topological polar surface area (TPSA) is 122 Å². The molecule has 8 heteroatoms. The number of anilines is 1. The number of carbonyl (C=O) groups excluding carboxylic acids is 2. The summed E-state index contributed by atoms with van der Waals surface area (Å²) in [6.07, 6.45) is 0.518. The highest BCUT2D eigenvalue weighted by atomic mass is 16.6. The number of carboxylic acid groups (broad SMARTS) is 1. The first kappa shape index (κ1) is 15.9. The number of ether oxygens (including phenoxy) is 1. The summed E-state index contributed by atoms with van der Waals surface area (Å²) in [5.41, 5.74) is 0.264. The van der Waals surface area contributed by atoms with Crippen LogP contribution in [-0.4, -0.2) is 29.5 Å². The Labute approximate surface area is 126 Å². The highest BCUT2D eigenvalue weighted by Gasteiger charge is 2.31. The number of carbonyl (C=O) groups is 2. The number of hydrogen-bond donors (Lipinski definition) is 1. The zero-order valence-corrected chi connectivity index (χ0v) is 11.7. The number of rotatable bonds is 6. The SMILES string of the molecule is O=C([O-])C[C@@H](C(=O)Nc1ccc([N+](=O)[O-])cc1)[C@@H]1CCCO1. The molecule has 22 heavy (non-hydrogen) atoms. The highest BCUT2D eigenvalue weighted by Crippen LogP contribution is 2.25. The fourth-order valence-corrected chi connectivity index (χ4v) is 2.39. The number of nitrogens with one attached hydrogen (secondary N) is 1. The van der Waals surface area contributed by atoms with Crippen molar-refractivity contribution in [2.45, 2.75) is 25.4 Å². The summed E-state index contributed by atoms with van der Waals surface area (Å²) in [5, 5.41) is 23.9. The number of aliphatic carboxylic acids is 1. The molecule has 1 heterocycles. The number of nitrogens with zero attached hydrogens (tertiary/aromatic N) is 1. The van der Waals surface area contributed by atoms with E-state index in [-0.39, 0.29) is 5.69 Å². The van der Waals surface area contributed by atoms with Crippen molar-refractivity contribution in [1.82, 2.24) is 0 Å². The predicted molar refractivity (Wildman–Crippen MR) is 73.8 cm³/mol. The van der Waals surface area contributed by atoms with Gasteiger partial charge in [-0.05, 0) is 25.0 Å². The standard InChI is InChI=1S/C14H16N2O6/c17-13(18)8-11(12-2-1-7-22-12)14(19)15-9-3-5-10(6-4-9)16(20)21/h3-6,11-12H,1-2,7-8H2,(H,15,19)(H,17,18)/p-1/t11-,12+/m1/s1. The molecule has 1 aliphatic heterocycles. The lowest BCUT2D eigenvalue weighted by Gasteiger charge is -2.22. The fraction of sp³-hybridized carbons (Fsp3) is 0.429. The van der Waals surface area contributed by atoms with E-state index in [0.717, 1.165) is 6.42 Å². The quantitative estimate of drug-likeness (QED) is 0.602. The third kappa shape index (κ3) is 4.01. The maximum absolute atomic E-state index is 12.2. The number of carboxylic acids is 1. The van der Waals surface area contributed by atoms with E-state index in [0.29, 0.717) is 18.7 Å². The van der Waals surface area contributed by atoms with Crippen LogP contribution in [0.1, 0.15) is 19.3 Å². The van der Waals surface area contributed by atoms with Crippen LogP contribution >= 0.6 is 0 Å². The number of hydrogen-bond acceptors (Lipinski definition) is 6. The molecule has 0 unspecified atom stereocenters. The fourth-order valence-electron chi connectivity index (χ4n) is 2.39. The normalized spacial score (nSPS) is 18.6. The molecule has 8 nitrogen and oxygen atoms in total. The van der Waals surface area contributed by atoms with Crippen LogP contribution in [0.4, 0.5) is 11.4 Å². The number of nitro groups is 1. The third-order valence-electron chi connectivity index (χ3n) is 3.48. The first-order valence-electron chi connectivity index (χ1n) is 6.84. The van der Waals surface area contributed by atoms with Crippen molar-refractivity contribution in [3.63, 3.8) is 0 Å². The smallest absolute Gasteiger partial charge is 0.269 e. The number of non-ortho nitro benzene ring substituents is 1. The summed E-state index contributed by atoms with van der Waals surface area (Å²) < 4.78 is 5.38. The van der Waals surface area contributed by atoms with E-state index in [9.17, 15) is 24.8 Å². The van der Waals surface area contributed by atoms with Crippen molar-refractivity contribution in [3.05, 3.63) is 34.4 Å². The highest BCUT2D eigenvalue weighted by molar-refractivity contribution is 5.94. The van der Waals surface area contributed by atoms with Gasteiger partial charge in [0.25, 0.3) is 5.69 Å². The minimum atomic E-state index is -1.32. The van der Waals surface area contributed by atoms with Gasteiger partial charge in [0.15, 0.2) is 0 Å². The Morgan fingerprint density at radius 1 is 1.36 bits per heavy atom. The second kappa shape index (κ2) is 6.99. The van der Waals surface area contributed by atoms with Gasteiger partial charge in [-0.25, -0.2) is 0 Å². The lowest BCUT2D eigenvalue weighted by molar-refractivity contribution is -0.384. The molecule has 2 atom stereocenters. The van der Waals surface area contributed by atoms with E-state index in [1.165, 1.54) is 24.3 Å². The molecular weight excluding hydrogens is 292 g/mol. The lowest BCUT2D eigenvalue weighted by atomic mass is 9.95. The molecule has 2 rings (SSSR count). The van der Waals surface area contributed by atoms with Crippen molar-refractivity contribution < 1.29 is 24.4 Å². The molecule has 1 fully saturated rings. The van der Waals surface area contributed by atoms with Crippen molar-refractivity contribution >= 4 is 23.3 Å². The Bertz CT molecular complexity index is 565. The molecular formula is C14H15N2O6-. The van der Waals surface area contributed by atoms with E-state index < -0.39 is 35.2 Å². The average Bonchev–Trinajstić information content (AvgIpc) is 2.99. The molecule has 0 aromatic heterocycles. The molecule has 1 aliphatic rings. The number of nitro benzene ring substituents is 1. The van der Waals surface area contributed by atoms with Gasteiger partial charge in [0, 0.05) is 36.8 Å². The largest absolute Gasteiger partial charge is 0.550 e. The zero-order valence-electron chi connectivity index (χ0n) is 11.7. The third-order valence-corrected chi connectivity index (χ3v) is 3.48. The van der Waals surface area contributed by atoms with E-state index in [1.807, 2.05) is 0 Å². The second-order valence-corrected chi connectivity index (χ2v) is 5.03. The van der Waals surface area contributed by atoms with Crippen LogP contribution in [0, 0.1) is 16.0 Å². The van der Waals surface area contributed by atoms with Gasteiger partial charge in [-0.3, -0.25) is 14.9 Å². The molecule has 1 aromatic rings. The van der Waals surface area contributed by atoms with Crippen molar-refractivity contribution in [2.24, 2.45) is 5.92 Å². The van der Waals surface area contributed by atoms with Gasteiger partial charge in [0.2, 0.25) is 5.91 Å². The first-order valence-corrected chi connectivity index (χ1v) is 6.84. The molecule has 1 saturated heterocycles. The van der Waals surface area contributed by atoms with Gasteiger partial charge < -0.3 is 20.0 Å². The minimum absolute atomic E-state index is 0.0941. The van der Waals surface area contributed by atoms with Gasteiger partial charge in [-0.15, -0.1) is 0 Å². The first-order chi connectivity index (χ1) is 10.5. The lowest BCUT2D eigenvalue weighted by Crippen LogP contribution is -2.38. The van der Waals surface area contributed by atoms with Crippen LogP contribution in [-0.2, 0) is 14.3 Å². The van der Waals surface area contributed by atoms with Crippen LogP contribution in [0.2, 0.25) is 0 Å². The summed E-state index contributed by atoms with van der Waals surface area (Å²) >= 11 is 0. The number of benzene rings is 1. The van der Waals surface area contributed by atoms with Gasteiger partial charge in [-0.1, -0.05) is 0 Å². The van der Waals surface area contributed by atoms with E-state index in [4.69, 9.17) is 4.74 Å². The van der Waals surface area contributed by atoms with Crippen LogP contribution in [0.15, 0.2) is 24.3 Å². The van der Waals surface area contributed by atoms with Crippen molar-refractivity contribution in [2.75, 3.05) is 11.9 Å². The maximum Gasteiger partial charge on any atom is 0.269 e. The van der Waals surface area contributed by atoms with Gasteiger partial charge >= 0.3 is 0 Å². The van der Waals surface area contributed by atoms with Gasteiger partial charge in [-0.2, -0.15) is 0 Å². The van der Waals surface area contributed by atoms with Crippen LogP contribution in [0.25, 0.3) is 0 Å². The molecule has 0 radical (unpaired) electrons. The minimum Gasteiger partial charge on any atom is -0.550 e.